The van der Waals surface area contributed by atoms with Gasteiger partial charge in [-0.3, -0.25) is 19.7 Å². The highest BCUT2D eigenvalue weighted by atomic mass is 16.6. The molecule has 0 heterocycles. The molecule has 2 aromatic carbocycles. The lowest BCUT2D eigenvalue weighted by Crippen LogP contribution is -2.42. The smallest absolute Gasteiger partial charge is 0.404 e. The van der Waals surface area contributed by atoms with Crippen molar-refractivity contribution >= 4 is 29.3 Å². The number of aryl methyl sites for hydroxylation is 1. The monoisotopic (exact) mass is 385 g/mol. The lowest BCUT2D eigenvalue weighted by molar-refractivity contribution is -0.385. The minimum atomic E-state index is -1.30. The van der Waals surface area contributed by atoms with Crippen molar-refractivity contribution < 1.29 is 24.4 Å². The summed E-state index contributed by atoms with van der Waals surface area (Å²) in [7, 11) is 0. The summed E-state index contributed by atoms with van der Waals surface area (Å²) < 4.78 is 0. The molecule has 0 aliphatic rings. The van der Waals surface area contributed by atoms with Gasteiger partial charge in [0.2, 0.25) is 5.91 Å². The molecule has 9 heteroatoms. The summed E-state index contributed by atoms with van der Waals surface area (Å²) in [6, 6.07) is 11.4. The minimum Gasteiger partial charge on any atom is -0.465 e. The van der Waals surface area contributed by atoms with Gasteiger partial charge in [-0.25, -0.2) is 9.69 Å². The van der Waals surface area contributed by atoms with E-state index in [0.717, 1.165) is 4.90 Å². The number of hydrogen-bond donors (Lipinski definition) is 2. The largest absolute Gasteiger partial charge is 0.465 e. The van der Waals surface area contributed by atoms with E-state index in [2.05, 4.69) is 5.32 Å². The molecule has 1 unspecified atom stereocenters. The van der Waals surface area contributed by atoms with Crippen molar-refractivity contribution in [3.05, 3.63) is 69.8 Å². The Morgan fingerprint density at radius 2 is 1.79 bits per heavy atom. The second kappa shape index (κ2) is 8.76. The van der Waals surface area contributed by atoms with E-state index in [0.29, 0.717) is 5.56 Å². The number of nitrogens with zero attached hydrogens (tertiary/aromatic N) is 2. The third-order valence-corrected chi connectivity index (χ3v) is 3.98. The van der Waals surface area contributed by atoms with Crippen molar-refractivity contribution in [2.24, 2.45) is 0 Å². The first-order valence-corrected chi connectivity index (χ1v) is 8.38. The zero-order valence-corrected chi connectivity index (χ0v) is 15.3. The molecule has 9 nitrogen and oxygen atoms in total. The lowest BCUT2D eigenvalue weighted by Gasteiger charge is -2.23. The van der Waals surface area contributed by atoms with E-state index in [1.165, 1.54) is 31.2 Å². The summed E-state index contributed by atoms with van der Waals surface area (Å²) in [6.07, 6.45) is -1.60. The molecular weight excluding hydrogens is 366 g/mol. The maximum absolute atomic E-state index is 13.2. The van der Waals surface area contributed by atoms with Crippen LogP contribution < -0.4 is 10.2 Å². The molecule has 0 aromatic heterocycles. The Morgan fingerprint density at radius 1 is 1.14 bits per heavy atom. The molecule has 0 saturated heterocycles. The zero-order valence-electron chi connectivity index (χ0n) is 15.3. The first kappa shape index (κ1) is 20.6. The molecule has 2 rings (SSSR count). The van der Waals surface area contributed by atoms with Crippen molar-refractivity contribution in [2.45, 2.75) is 26.3 Å². The normalized spacial score (nSPS) is 11.4. The Morgan fingerprint density at radius 3 is 2.36 bits per heavy atom. The summed E-state index contributed by atoms with van der Waals surface area (Å²) in [5.74, 6) is -1.53. The van der Waals surface area contributed by atoms with Crippen molar-refractivity contribution in [3.8, 4) is 0 Å². The maximum atomic E-state index is 13.2. The number of anilines is 1. The number of carbonyl (C=O) groups excluding carboxylic acids is 2. The summed E-state index contributed by atoms with van der Waals surface area (Å²) >= 11 is 0. The molecule has 2 aromatic rings. The lowest BCUT2D eigenvalue weighted by atomic mass is 10.0. The molecule has 0 saturated carbocycles. The molecule has 0 spiro atoms. The van der Waals surface area contributed by atoms with Crippen LogP contribution in [0.5, 0.6) is 0 Å². The first-order valence-electron chi connectivity index (χ1n) is 8.38. The third-order valence-electron chi connectivity index (χ3n) is 3.98. The second-order valence-corrected chi connectivity index (χ2v) is 6.15. The number of carboxylic acid groups (broad SMARTS) is 1. The molecule has 0 radical (unpaired) electrons. The number of hydrogen-bond acceptors (Lipinski definition) is 5. The highest BCUT2D eigenvalue weighted by molar-refractivity contribution is 6.22. The van der Waals surface area contributed by atoms with Gasteiger partial charge in [0.05, 0.1) is 10.6 Å². The van der Waals surface area contributed by atoms with Gasteiger partial charge in [0.25, 0.3) is 11.6 Å². The van der Waals surface area contributed by atoms with Crippen LogP contribution in [0.25, 0.3) is 0 Å². The number of nitro benzene ring substituents is 1. The summed E-state index contributed by atoms with van der Waals surface area (Å²) in [5, 5.41) is 22.3. The van der Waals surface area contributed by atoms with E-state index < -0.39 is 34.6 Å². The fourth-order valence-corrected chi connectivity index (χ4v) is 2.76. The van der Waals surface area contributed by atoms with Crippen molar-refractivity contribution in [2.75, 3.05) is 4.90 Å². The van der Waals surface area contributed by atoms with E-state index >= 15 is 0 Å². The first-order chi connectivity index (χ1) is 13.2. The van der Waals surface area contributed by atoms with Crippen molar-refractivity contribution in [1.82, 2.24) is 5.32 Å². The van der Waals surface area contributed by atoms with Gasteiger partial charge < -0.3 is 10.4 Å². The van der Waals surface area contributed by atoms with Crippen LogP contribution in [0, 0.1) is 17.0 Å². The fraction of sp³-hybridized carbons (Fsp3) is 0.211. The van der Waals surface area contributed by atoms with Crippen LogP contribution in [-0.4, -0.2) is 34.0 Å². The van der Waals surface area contributed by atoms with E-state index in [1.807, 2.05) is 0 Å². The number of amides is 3. The topological polar surface area (TPSA) is 130 Å². The number of nitrogens with one attached hydrogen (secondary N) is 1. The Kier molecular flexibility index (Phi) is 6.43. The highest BCUT2D eigenvalue weighted by Gasteiger charge is 2.32. The molecule has 0 bridgehead atoms. The molecule has 0 aliphatic carbocycles. The Balaban J connectivity index is 2.49. The Labute approximate surface area is 160 Å². The predicted molar refractivity (Wildman–Crippen MR) is 101 cm³/mol. The van der Waals surface area contributed by atoms with E-state index in [1.54, 1.807) is 31.2 Å². The zero-order chi connectivity index (χ0) is 20.8. The van der Waals surface area contributed by atoms with Gasteiger partial charge in [-0.05, 0) is 31.5 Å². The van der Waals surface area contributed by atoms with Crippen LogP contribution in [0.3, 0.4) is 0 Å². The number of para-hydroxylation sites is 1. The average Bonchev–Trinajstić information content (AvgIpc) is 2.61. The number of benzene rings is 2. The third kappa shape index (κ3) is 4.70. The Bertz CT molecular complexity index is 913. The second-order valence-electron chi connectivity index (χ2n) is 6.15. The number of rotatable bonds is 6. The van der Waals surface area contributed by atoms with Gasteiger partial charge >= 0.3 is 6.09 Å². The predicted octanol–water partition coefficient (Wildman–Crippen LogP) is 3.12. The average molecular weight is 385 g/mol. The van der Waals surface area contributed by atoms with Gasteiger partial charge in [0.15, 0.2) is 0 Å². The summed E-state index contributed by atoms with van der Waals surface area (Å²) in [5.41, 5.74) is -0.0128. The number of nitro groups is 1. The van der Waals surface area contributed by atoms with Crippen molar-refractivity contribution in [3.63, 3.8) is 0 Å². The molecule has 3 amide bonds. The van der Waals surface area contributed by atoms with E-state index in [4.69, 9.17) is 5.11 Å². The van der Waals surface area contributed by atoms with Crippen LogP contribution >= 0.6 is 0 Å². The van der Waals surface area contributed by atoms with E-state index in [9.17, 15) is 24.5 Å². The van der Waals surface area contributed by atoms with Crippen LogP contribution in [-0.2, 0) is 4.79 Å². The van der Waals surface area contributed by atoms with Crippen LogP contribution in [0.2, 0.25) is 0 Å². The van der Waals surface area contributed by atoms with Gasteiger partial charge in [0, 0.05) is 18.5 Å². The molecule has 2 N–H and O–H groups in total. The van der Waals surface area contributed by atoms with E-state index in [-0.39, 0.29) is 17.7 Å². The summed E-state index contributed by atoms with van der Waals surface area (Å²) in [4.78, 5) is 48.4. The minimum absolute atomic E-state index is 0.191. The number of imide groups is 1. The SMILES string of the molecule is Cc1cccc([N+](=O)[O-])c1C(=O)N(C(=O)CC(C)NC(=O)O)c1ccccc1. The molecule has 0 aliphatic heterocycles. The van der Waals surface area contributed by atoms with Crippen LogP contribution in [0.1, 0.15) is 29.3 Å². The van der Waals surface area contributed by atoms with Gasteiger partial charge in [0.1, 0.15) is 5.56 Å². The number of carbonyl (C=O) groups is 3. The van der Waals surface area contributed by atoms with Crippen LogP contribution in [0.15, 0.2) is 48.5 Å². The summed E-state index contributed by atoms with van der Waals surface area (Å²) in [6.45, 7) is 3.03. The van der Waals surface area contributed by atoms with Gasteiger partial charge in [-0.2, -0.15) is 0 Å². The quantitative estimate of drug-likeness (QED) is 0.580. The van der Waals surface area contributed by atoms with Gasteiger partial charge in [-0.15, -0.1) is 0 Å². The van der Waals surface area contributed by atoms with Crippen LogP contribution in [0.4, 0.5) is 16.2 Å². The molecular formula is C19H19N3O6. The van der Waals surface area contributed by atoms with Crippen molar-refractivity contribution in [1.29, 1.82) is 0 Å². The molecule has 0 fully saturated rings. The molecule has 1 atom stereocenters. The molecule has 146 valence electrons. The highest BCUT2D eigenvalue weighted by Crippen LogP contribution is 2.27. The maximum Gasteiger partial charge on any atom is 0.404 e. The standard InChI is InChI=1S/C19H19N3O6/c1-12-7-6-10-15(22(27)28)17(12)18(24)21(14-8-4-3-5-9-14)16(23)11-13(2)20-19(25)26/h3-10,13,20H,11H2,1-2H3,(H,25,26). The van der Waals surface area contributed by atoms with Gasteiger partial charge in [-0.1, -0.05) is 30.3 Å². The fourth-order valence-electron chi connectivity index (χ4n) is 2.76. The Hall–Kier alpha value is -3.75. The molecule has 28 heavy (non-hydrogen) atoms.